The van der Waals surface area contributed by atoms with E-state index in [0.29, 0.717) is 11.8 Å². The first-order valence-electron chi connectivity index (χ1n) is 9.32. The molecule has 1 N–H and O–H groups in total. The van der Waals surface area contributed by atoms with Gasteiger partial charge in [-0.3, -0.25) is 4.79 Å². The number of H-pyrrole nitrogens is 1. The maximum Gasteiger partial charge on any atom is 0.319 e. The van der Waals surface area contributed by atoms with Gasteiger partial charge >= 0.3 is 5.97 Å². The number of methoxy groups -OCH3 is 1. The van der Waals surface area contributed by atoms with E-state index in [1.54, 1.807) is 0 Å². The molecular weight excluding hydrogens is 312 g/mol. The summed E-state index contributed by atoms with van der Waals surface area (Å²) in [7, 11) is 1.53. The molecule has 1 aliphatic carbocycles. The molecule has 1 aromatic heterocycles. The minimum atomic E-state index is -0.589. The van der Waals surface area contributed by atoms with Gasteiger partial charge in [-0.2, -0.15) is 0 Å². The molecule has 0 amide bonds. The summed E-state index contributed by atoms with van der Waals surface area (Å²) in [5.41, 5.74) is 2.73. The number of fused-ring (bicyclic) bond motifs is 4. The summed E-state index contributed by atoms with van der Waals surface area (Å²) >= 11 is 0. The van der Waals surface area contributed by atoms with E-state index in [2.05, 4.69) is 47.3 Å². The zero-order valence-electron chi connectivity index (χ0n) is 14.8. The zero-order chi connectivity index (χ0) is 17.2. The van der Waals surface area contributed by atoms with E-state index in [9.17, 15) is 4.79 Å². The lowest BCUT2D eigenvalue weighted by Gasteiger charge is -2.57. The van der Waals surface area contributed by atoms with Crippen LogP contribution in [0.5, 0.6) is 0 Å². The van der Waals surface area contributed by atoms with Gasteiger partial charge in [0.25, 0.3) is 0 Å². The highest BCUT2D eigenvalue weighted by Gasteiger charge is 2.62. The molecule has 2 saturated heterocycles. The molecular formula is C21H24N2O2. The van der Waals surface area contributed by atoms with Gasteiger partial charge in [-0.15, -0.1) is 0 Å². The number of piperidine rings is 2. The molecule has 3 fully saturated rings. The van der Waals surface area contributed by atoms with Crippen LogP contribution in [0.3, 0.4) is 0 Å². The van der Waals surface area contributed by atoms with Crippen LogP contribution in [0, 0.1) is 11.8 Å². The van der Waals surface area contributed by atoms with Gasteiger partial charge in [0.2, 0.25) is 0 Å². The fourth-order valence-electron chi connectivity index (χ4n) is 5.86. The van der Waals surface area contributed by atoms with Crippen LogP contribution in [0.15, 0.2) is 30.5 Å². The number of para-hydroxylation sites is 1. The minimum absolute atomic E-state index is 0.0816. The molecule has 6 rings (SSSR count). The van der Waals surface area contributed by atoms with Gasteiger partial charge < -0.3 is 14.6 Å². The topological polar surface area (TPSA) is 45.3 Å². The van der Waals surface area contributed by atoms with Crippen molar-refractivity contribution in [3.05, 3.63) is 41.7 Å². The summed E-state index contributed by atoms with van der Waals surface area (Å²) in [5, 5.41) is 1.19. The second kappa shape index (κ2) is 5.13. The second-order valence-corrected chi connectivity index (χ2v) is 7.85. The van der Waals surface area contributed by atoms with Crippen molar-refractivity contribution in [1.82, 2.24) is 9.88 Å². The molecule has 1 aromatic carbocycles. The number of esters is 1. The number of rotatable bonds is 2. The Kier molecular flexibility index (Phi) is 3.09. The molecule has 3 aliphatic heterocycles. The largest absolute Gasteiger partial charge is 0.468 e. The average molecular weight is 336 g/mol. The van der Waals surface area contributed by atoms with Crippen LogP contribution in [-0.2, 0) is 14.9 Å². The maximum atomic E-state index is 13.2. The van der Waals surface area contributed by atoms with Crippen LogP contribution < -0.4 is 0 Å². The zero-order valence-corrected chi connectivity index (χ0v) is 14.8. The van der Waals surface area contributed by atoms with E-state index in [4.69, 9.17) is 4.74 Å². The number of carbonyl (C=O) groups is 1. The Morgan fingerprint density at radius 2 is 2.24 bits per heavy atom. The Labute approximate surface area is 147 Å². The number of hydrogen-bond acceptors (Lipinski definition) is 3. The van der Waals surface area contributed by atoms with Crippen LogP contribution in [0.1, 0.15) is 37.4 Å². The third-order valence-electron chi connectivity index (χ3n) is 6.72. The van der Waals surface area contributed by atoms with E-state index in [1.807, 2.05) is 6.07 Å². The van der Waals surface area contributed by atoms with E-state index < -0.39 is 5.41 Å². The van der Waals surface area contributed by atoms with Gasteiger partial charge in [-0.1, -0.05) is 31.5 Å². The van der Waals surface area contributed by atoms with E-state index in [0.717, 1.165) is 36.2 Å². The summed E-state index contributed by atoms with van der Waals surface area (Å²) < 4.78 is 5.41. The Morgan fingerprint density at radius 3 is 3.04 bits per heavy atom. The van der Waals surface area contributed by atoms with Gasteiger partial charge in [0.05, 0.1) is 13.2 Å². The lowest BCUT2D eigenvalue weighted by molar-refractivity contribution is -0.160. The molecule has 4 heteroatoms. The lowest BCUT2D eigenvalue weighted by atomic mass is 9.56. The fraction of sp³-hybridized carbons (Fsp3) is 0.476. The van der Waals surface area contributed by atoms with Crippen molar-refractivity contribution in [1.29, 1.82) is 0 Å². The SMILES string of the molecule is CCC1CC2CN3C=Cc4c([nH]c5ccccc45)C(C(=O)OC)(C2)C13. The van der Waals surface area contributed by atoms with Crippen molar-refractivity contribution in [2.45, 2.75) is 37.6 Å². The normalized spacial score (nSPS) is 32.6. The summed E-state index contributed by atoms with van der Waals surface area (Å²) in [6, 6.07) is 8.52. The fourth-order valence-corrected chi connectivity index (χ4v) is 5.86. The second-order valence-electron chi connectivity index (χ2n) is 7.85. The highest BCUT2D eigenvalue weighted by Crippen LogP contribution is 2.55. The number of carbonyl (C=O) groups excluding carboxylic acids is 1. The molecule has 25 heavy (non-hydrogen) atoms. The van der Waals surface area contributed by atoms with Crippen LogP contribution in [0.25, 0.3) is 17.0 Å². The first kappa shape index (κ1) is 15.1. The minimum Gasteiger partial charge on any atom is -0.468 e. The molecule has 4 nitrogen and oxygen atoms in total. The highest BCUT2D eigenvalue weighted by atomic mass is 16.5. The van der Waals surface area contributed by atoms with Crippen molar-refractivity contribution < 1.29 is 9.53 Å². The molecule has 0 spiro atoms. The molecule has 4 heterocycles. The smallest absolute Gasteiger partial charge is 0.319 e. The quantitative estimate of drug-likeness (QED) is 0.851. The predicted octanol–water partition coefficient (Wildman–Crippen LogP) is 3.68. The van der Waals surface area contributed by atoms with Crippen LogP contribution >= 0.6 is 0 Å². The number of aromatic amines is 1. The van der Waals surface area contributed by atoms with E-state index in [1.165, 1.54) is 18.9 Å². The molecule has 4 aliphatic rings. The first-order valence-corrected chi connectivity index (χ1v) is 9.32. The van der Waals surface area contributed by atoms with Crippen LogP contribution in [-0.4, -0.2) is 35.5 Å². The third-order valence-corrected chi connectivity index (χ3v) is 6.72. The lowest BCUT2D eigenvalue weighted by Crippen LogP contribution is -2.66. The van der Waals surface area contributed by atoms with Crippen molar-refractivity contribution in [3.63, 3.8) is 0 Å². The predicted molar refractivity (Wildman–Crippen MR) is 98.0 cm³/mol. The van der Waals surface area contributed by atoms with Crippen molar-refractivity contribution >= 4 is 22.9 Å². The molecule has 4 unspecified atom stereocenters. The van der Waals surface area contributed by atoms with Gasteiger partial charge in [0.15, 0.2) is 0 Å². The standard InChI is InChI=1S/C21H24N2O2/c1-3-14-10-13-11-21(20(24)25-2)18-16(8-9-23(12-13)19(14)21)15-6-4-5-7-17(15)22-18/h4-9,13-14,19,22H,3,10-12H2,1-2H3. The Hall–Kier alpha value is -2.23. The van der Waals surface area contributed by atoms with Gasteiger partial charge in [-0.05, 0) is 36.8 Å². The molecule has 4 atom stereocenters. The van der Waals surface area contributed by atoms with E-state index in [-0.39, 0.29) is 12.0 Å². The molecule has 130 valence electrons. The number of nitrogens with one attached hydrogen (secondary N) is 1. The summed E-state index contributed by atoms with van der Waals surface area (Å²) in [4.78, 5) is 19.3. The average Bonchev–Trinajstić information content (AvgIpc) is 3.00. The Balaban J connectivity index is 1.84. The maximum absolute atomic E-state index is 13.2. The van der Waals surface area contributed by atoms with Crippen LogP contribution in [0.4, 0.5) is 0 Å². The van der Waals surface area contributed by atoms with Crippen molar-refractivity contribution in [2.75, 3.05) is 13.7 Å². The van der Waals surface area contributed by atoms with E-state index >= 15 is 0 Å². The number of ether oxygens (including phenoxy) is 1. The number of benzene rings is 1. The summed E-state index contributed by atoms with van der Waals surface area (Å²) in [6.45, 7) is 3.30. The molecule has 4 bridgehead atoms. The number of nitrogens with zero attached hydrogens (tertiary/aromatic N) is 1. The van der Waals surface area contributed by atoms with Crippen LogP contribution in [0.2, 0.25) is 0 Å². The monoisotopic (exact) mass is 336 g/mol. The van der Waals surface area contributed by atoms with Crippen molar-refractivity contribution in [3.8, 4) is 0 Å². The van der Waals surface area contributed by atoms with Gasteiger partial charge in [0.1, 0.15) is 5.41 Å². The van der Waals surface area contributed by atoms with Gasteiger partial charge in [-0.25, -0.2) is 0 Å². The number of aromatic nitrogens is 1. The summed E-state index contributed by atoms with van der Waals surface area (Å²) in [5.74, 6) is 0.978. The first-order chi connectivity index (χ1) is 12.2. The third kappa shape index (κ3) is 1.80. The Morgan fingerprint density at radius 1 is 1.40 bits per heavy atom. The molecule has 2 aromatic rings. The van der Waals surface area contributed by atoms with Gasteiger partial charge in [0, 0.05) is 34.9 Å². The number of hydrogen-bond donors (Lipinski definition) is 1. The van der Waals surface area contributed by atoms with Crippen molar-refractivity contribution in [2.24, 2.45) is 11.8 Å². The highest BCUT2D eigenvalue weighted by molar-refractivity contribution is 5.96. The summed E-state index contributed by atoms with van der Waals surface area (Å²) in [6.07, 6.45) is 7.63. The molecule has 0 radical (unpaired) electrons. The molecule has 1 saturated carbocycles. The Bertz CT molecular complexity index is 883.